The van der Waals surface area contributed by atoms with Crippen LogP contribution >= 0.6 is 0 Å². The fourth-order valence-electron chi connectivity index (χ4n) is 2.23. The van der Waals surface area contributed by atoms with Gasteiger partial charge >= 0.3 is 5.97 Å². The highest BCUT2D eigenvalue weighted by molar-refractivity contribution is 5.84. The molecular formula is C11H17N5O3. The summed E-state index contributed by atoms with van der Waals surface area (Å²) in [5.74, 6) is -0.429. The van der Waals surface area contributed by atoms with Gasteiger partial charge in [0.1, 0.15) is 18.9 Å². The van der Waals surface area contributed by atoms with E-state index in [4.69, 9.17) is 10.5 Å². The quantitative estimate of drug-likeness (QED) is 0.734. The number of carbonyl (C=O) groups is 2. The molecule has 19 heavy (non-hydrogen) atoms. The van der Waals surface area contributed by atoms with Gasteiger partial charge in [-0.3, -0.25) is 4.79 Å². The average molecular weight is 267 g/mol. The predicted octanol–water partition coefficient (Wildman–Crippen LogP) is -0.586. The summed E-state index contributed by atoms with van der Waals surface area (Å²) in [4.78, 5) is 29.2. The maximum Gasteiger partial charge on any atom is 0.328 e. The summed E-state index contributed by atoms with van der Waals surface area (Å²) in [6, 6.07) is -0.493. The lowest BCUT2D eigenvalue weighted by atomic mass is 10.0. The van der Waals surface area contributed by atoms with Gasteiger partial charge in [-0.2, -0.15) is 0 Å². The van der Waals surface area contributed by atoms with Crippen molar-refractivity contribution < 1.29 is 14.3 Å². The third kappa shape index (κ3) is 3.01. The smallest absolute Gasteiger partial charge is 0.328 e. The zero-order valence-electron chi connectivity index (χ0n) is 10.8. The molecule has 8 heteroatoms. The molecule has 1 aromatic rings. The molecule has 2 rings (SSSR count). The highest BCUT2D eigenvalue weighted by atomic mass is 16.5. The van der Waals surface area contributed by atoms with Crippen molar-refractivity contribution >= 4 is 17.8 Å². The number of likely N-dealkylation sites (tertiary alicyclic amines) is 1. The highest BCUT2D eigenvalue weighted by Gasteiger charge is 2.32. The molecule has 104 valence electrons. The Morgan fingerprint density at radius 1 is 1.53 bits per heavy atom. The fraction of sp³-hybridized carbons (Fsp3) is 0.636. The van der Waals surface area contributed by atoms with Crippen LogP contribution in [0.3, 0.4) is 0 Å². The monoisotopic (exact) mass is 267 g/mol. The van der Waals surface area contributed by atoms with Crippen LogP contribution in [0.1, 0.15) is 19.3 Å². The van der Waals surface area contributed by atoms with E-state index < -0.39 is 6.04 Å². The van der Waals surface area contributed by atoms with E-state index in [0.717, 1.165) is 12.8 Å². The molecule has 1 amide bonds. The number of nitrogens with two attached hydrogens (primary N) is 1. The van der Waals surface area contributed by atoms with Gasteiger partial charge in [0.2, 0.25) is 11.9 Å². The van der Waals surface area contributed by atoms with Gasteiger partial charge in [-0.25, -0.2) is 14.5 Å². The van der Waals surface area contributed by atoms with Crippen LogP contribution in [0.2, 0.25) is 0 Å². The minimum Gasteiger partial charge on any atom is -0.467 e. The number of esters is 1. The van der Waals surface area contributed by atoms with E-state index in [1.54, 1.807) is 4.90 Å². The molecule has 1 aromatic heterocycles. The normalized spacial score (nSPS) is 19.2. The SMILES string of the molecule is COC(=O)C1CCCCN1C(=O)Cn1cnc(N)n1. The van der Waals surface area contributed by atoms with E-state index in [0.29, 0.717) is 13.0 Å². The summed E-state index contributed by atoms with van der Waals surface area (Å²) in [5.41, 5.74) is 5.39. The first kappa shape index (κ1) is 13.3. The second-order valence-corrected chi connectivity index (χ2v) is 4.42. The third-order valence-electron chi connectivity index (χ3n) is 3.15. The summed E-state index contributed by atoms with van der Waals surface area (Å²) >= 11 is 0. The van der Waals surface area contributed by atoms with E-state index >= 15 is 0 Å². The number of anilines is 1. The Hall–Kier alpha value is -2.12. The Balaban J connectivity index is 2.05. The van der Waals surface area contributed by atoms with E-state index in [2.05, 4.69) is 10.1 Å². The molecule has 0 bridgehead atoms. The van der Waals surface area contributed by atoms with Gasteiger partial charge in [0.05, 0.1) is 7.11 Å². The van der Waals surface area contributed by atoms with E-state index in [1.165, 1.54) is 18.1 Å². The van der Waals surface area contributed by atoms with Crippen molar-refractivity contribution in [2.24, 2.45) is 0 Å². The number of rotatable bonds is 3. The molecule has 1 saturated heterocycles. The molecule has 1 aliphatic heterocycles. The van der Waals surface area contributed by atoms with Crippen LogP contribution in [0.25, 0.3) is 0 Å². The van der Waals surface area contributed by atoms with Gasteiger partial charge in [0, 0.05) is 6.54 Å². The molecule has 1 fully saturated rings. The lowest BCUT2D eigenvalue weighted by Crippen LogP contribution is -2.49. The van der Waals surface area contributed by atoms with Gasteiger partial charge in [0.25, 0.3) is 0 Å². The Morgan fingerprint density at radius 2 is 2.32 bits per heavy atom. The number of ether oxygens (including phenoxy) is 1. The van der Waals surface area contributed by atoms with Crippen molar-refractivity contribution in [1.82, 2.24) is 19.7 Å². The molecule has 1 unspecified atom stereocenters. The minimum atomic E-state index is -0.493. The van der Waals surface area contributed by atoms with Crippen molar-refractivity contribution in [2.75, 3.05) is 19.4 Å². The standard InChI is InChI=1S/C11H17N5O3/c1-19-10(18)8-4-2-3-5-16(8)9(17)6-15-7-13-11(12)14-15/h7-8H,2-6H2,1H3,(H2,12,14). The molecule has 0 saturated carbocycles. The van der Waals surface area contributed by atoms with Gasteiger partial charge in [-0.1, -0.05) is 0 Å². The van der Waals surface area contributed by atoms with Crippen LogP contribution in [0.4, 0.5) is 5.95 Å². The van der Waals surface area contributed by atoms with Gasteiger partial charge in [-0.15, -0.1) is 5.10 Å². The molecule has 0 radical (unpaired) electrons. The lowest BCUT2D eigenvalue weighted by molar-refractivity contribution is -0.155. The summed E-state index contributed by atoms with van der Waals surface area (Å²) in [6.45, 7) is 0.584. The second-order valence-electron chi connectivity index (χ2n) is 4.42. The zero-order chi connectivity index (χ0) is 13.8. The van der Waals surface area contributed by atoms with Gasteiger partial charge in [0.15, 0.2) is 0 Å². The van der Waals surface area contributed by atoms with Crippen LogP contribution in [0.15, 0.2) is 6.33 Å². The maximum atomic E-state index is 12.2. The van der Waals surface area contributed by atoms with Crippen LogP contribution in [-0.4, -0.2) is 51.2 Å². The summed E-state index contributed by atoms with van der Waals surface area (Å²) in [5, 5.41) is 3.86. The first-order chi connectivity index (χ1) is 9.11. The van der Waals surface area contributed by atoms with Gasteiger partial charge in [-0.05, 0) is 19.3 Å². The molecule has 1 aliphatic rings. The summed E-state index contributed by atoms with van der Waals surface area (Å²) < 4.78 is 6.10. The lowest BCUT2D eigenvalue weighted by Gasteiger charge is -2.33. The average Bonchev–Trinajstić information content (AvgIpc) is 2.83. The number of carbonyl (C=O) groups excluding carboxylic acids is 2. The highest BCUT2D eigenvalue weighted by Crippen LogP contribution is 2.18. The Bertz CT molecular complexity index is 473. The topological polar surface area (TPSA) is 103 Å². The summed E-state index contributed by atoms with van der Waals surface area (Å²) in [7, 11) is 1.33. The number of methoxy groups -OCH3 is 1. The van der Waals surface area contributed by atoms with E-state index in [9.17, 15) is 9.59 Å². The third-order valence-corrected chi connectivity index (χ3v) is 3.15. The molecule has 2 N–H and O–H groups in total. The molecule has 0 aromatic carbocycles. The van der Waals surface area contributed by atoms with Crippen molar-refractivity contribution in [3.05, 3.63) is 6.33 Å². The Labute approximate surface area is 110 Å². The van der Waals surface area contributed by atoms with Crippen molar-refractivity contribution in [3.8, 4) is 0 Å². The fourth-order valence-corrected chi connectivity index (χ4v) is 2.23. The minimum absolute atomic E-state index is 0.0255. The zero-order valence-corrected chi connectivity index (χ0v) is 10.8. The summed E-state index contributed by atoms with van der Waals surface area (Å²) in [6.07, 6.45) is 3.83. The van der Waals surface area contributed by atoms with Crippen LogP contribution in [-0.2, 0) is 20.9 Å². The number of nitrogen functional groups attached to an aromatic ring is 1. The Morgan fingerprint density at radius 3 is 2.95 bits per heavy atom. The van der Waals surface area contributed by atoms with E-state index in [-0.39, 0.29) is 24.4 Å². The molecular weight excluding hydrogens is 250 g/mol. The Kier molecular flexibility index (Phi) is 3.98. The number of nitrogens with zero attached hydrogens (tertiary/aromatic N) is 4. The van der Waals surface area contributed by atoms with Crippen LogP contribution < -0.4 is 5.73 Å². The van der Waals surface area contributed by atoms with Crippen molar-refractivity contribution in [1.29, 1.82) is 0 Å². The van der Waals surface area contributed by atoms with Crippen molar-refractivity contribution in [2.45, 2.75) is 31.8 Å². The number of hydrogen-bond acceptors (Lipinski definition) is 6. The molecule has 8 nitrogen and oxygen atoms in total. The number of hydrogen-bond donors (Lipinski definition) is 1. The molecule has 2 heterocycles. The molecule has 0 spiro atoms. The first-order valence-electron chi connectivity index (χ1n) is 6.14. The van der Waals surface area contributed by atoms with Crippen molar-refractivity contribution in [3.63, 3.8) is 0 Å². The van der Waals surface area contributed by atoms with Crippen LogP contribution in [0.5, 0.6) is 0 Å². The largest absolute Gasteiger partial charge is 0.467 e. The number of aromatic nitrogens is 3. The van der Waals surface area contributed by atoms with Crippen LogP contribution in [0, 0.1) is 0 Å². The predicted molar refractivity (Wildman–Crippen MR) is 65.8 cm³/mol. The number of amides is 1. The molecule has 1 atom stereocenters. The number of piperidine rings is 1. The first-order valence-corrected chi connectivity index (χ1v) is 6.14. The second kappa shape index (κ2) is 5.68. The van der Waals surface area contributed by atoms with Gasteiger partial charge < -0.3 is 15.4 Å². The maximum absolute atomic E-state index is 12.2. The van der Waals surface area contributed by atoms with E-state index in [1.807, 2.05) is 0 Å². The molecule has 0 aliphatic carbocycles.